The summed E-state index contributed by atoms with van der Waals surface area (Å²) < 4.78 is 1.97. The second kappa shape index (κ2) is 8.90. The number of hydrogen-bond acceptors (Lipinski definition) is 5. The Bertz CT molecular complexity index is 1050. The SMILES string of the molecule is O=C(NCC1(N2CCNCC2)CCCCC1)c1cn(-c2nccs2)c2cccc(Cl)c12. The number of rotatable bonds is 5. The van der Waals surface area contributed by atoms with Crippen LogP contribution in [-0.4, -0.2) is 58.6 Å². The highest BCUT2D eigenvalue weighted by atomic mass is 35.5. The molecule has 1 saturated heterocycles. The minimum absolute atomic E-state index is 0.0616. The van der Waals surface area contributed by atoms with Gasteiger partial charge in [-0.2, -0.15) is 0 Å². The van der Waals surface area contributed by atoms with Crippen molar-refractivity contribution in [3.05, 3.63) is 46.6 Å². The summed E-state index contributed by atoms with van der Waals surface area (Å²) >= 11 is 8.09. The van der Waals surface area contributed by atoms with Gasteiger partial charge in [0.05, 0.1) is 16.1 Å². The molecule has 2 aromatic heterocycles. The van der Waals surface area contributed by atoms with Gasteiger partial charge in [-0.1, -0.05) is 36.9 Å². The number of nitrogens with zero attached hydrogens (tertiary/aromatic N) is 3. The van der Waals surface area contributed by atoms with Crippen LogP contribution in [0.2, 0.25) is 5.02 Å². The first-order valence-corrected chi connectivity index (χ1v) is 12.4. The van der Waals surface area contributed by atoms with Crippen LogP contribution in [0.15, 0.2) is 36.0 Å². The zero-order chi connectivity index (χ0) is 21.3. The molecule has 0 radical (unpaired) electrons. The van der Waals surface area contributed by atoms with Crippen molar-refractivity contribution >= 4 is 39.7 Å². The molecule has 0 atom stereocenters. The summed E-state index contributed by atoms with van der Waals surface area (Å²) in [7, 11) is 0. The second-order valence-corrected chi connectivity index (χ2v) is 9.85. The Morgan fingerprint density at radius 1 is 1.23 bits per heavy atom. The van der Waals surface area contributed by atoms with E-state index in [1.165, 1.54) is 19.3 Å². The lowest BCUT2D eigenvalue weighted by Crippen LogP contribution is -2.61. The highest BCUT2D eigenvalue weighted by molar-refractivity contribution is 7.12. The van der Waals surface area contributed by atoms with Crippen molar-refractivity contribution < 1.29 is 4.79 Å². The summed E-state index contributed by atoms with van der Waals surface area (Å²) in [5, 5.41) is 10.9. The molecule has 1 saturated carbocycles. The molecule has 6 nitrogen and oxygen atoms in total. The number of fused-ring (bicyclic) bond motifs is 1. The molecule has 1 amide bonds. The van der Waals surface area contributed by atoms with E-state index >= 15 is 0 Å². The van der Waals surface area contributed by atoms with Crippen molar-refractivity contribution in [3.63, 3.8) is 0 Å². The van der Waals surface area contributed by atoms with Crippen molar-refractivity contribution in [2.75, 3.05) is 32.7 Å². The summed E-state index contributed by atoms with van der Waals surface area (Å²) in [6.45, 7) is 4.82. The lowest BCUT2D eigenvalue weighted by atomic mass is 9.79. The molecule has 8 heteroatoms. The zero-order valence-corrected chi connectivity index (χ0v) is 19.1. The summed E-state index contributed by atoms with van der Waals surface area (Å²) in [4.78, 5) is 20.5. The number of benzene rings is 1. The Kier molecular flexibility index (Phi) is 6.01. The Morgan fingerprint density at radius 2 is 2.03 bits per heavy atom. The third kappa shape index (κ3) is 4.00. The van der Waals surface area contributed by atoms with Crippen LogP contribution in [0.5, 0.6) is 0 Å². The van der Waals surface area contributed by atoms with E-state index in [2.05, 4.69) is 20.5 Å². The van der Waals surface area contributed by atoms with Gasteiger partial charge < -0.3 is 10.6 Å². The first-order chi connectivity index (χ1) is 15.2. The number of nitrogens with one attached hydrogen (secondary N) is 2. The molecular weight excluding hydrogens is 430 g/mol. The number of carbonyl (C=O) groups excluding carboxylic acids is 1. The van der Waals surface area contributed by atoms with Gasteiger partial charge in [0.1, 0.15) is 0 Å². The predicted octanol–water partition coefficient (Wildman–Crippen LogP) is 4.08. The second-order valence-electron chi connectivity index (χ2n) is 8.57. The molecule has 164 valence electrons. The summed E-state index contributed by atoms with van der Waals surface area (Å²) in [5.41, 5.74) is 1.58. The molecule has 2 aliphatic rings. The number of carbonyl (C=O) groups is 1. The molecule has 2 fully saturated rings. The van der Waals surface area contributed by atoms with Crippen molar-refractivity contribution in [1.82, 2.24) is 25.1 Å². The van der Waals surface area contributed by atoms with Gasteiger partial charge >= 0.3 is 0 Å². The summed E-state index contributed by atoms with van der Waals surface area (Å²) in [6.07, 6.45) is 9.70. The third-order valence-corrected chi connectivity index (χ3v) is 7.88. The Hall–Kier alpha value is -1.93. The minimum Gasteiger partial charge on any atom is -0.350 e. The first kappa shape index (κ1) is 20.9. The van der Waals surface area contributed by atoms with E-state index in [9.17, 15) is 4.79 Å². The summed E-state index contributed by atoms with van der Waals surface area (Å²) in [6, 6.07) is 5.75. The molecule has 1 aliphatic carbocycles. The molecule has 3 heterocycles. The molecule has 0 spiro atoms. The maximum Gasteiger partial charge on any atom is 0.253 e. The number of aromatic nitrogens is 2. The van der Waals surface area contributed by atoms with Crippen LogP contribution in [0.1, 0.15) is 42.5 Å². The van der Waals surface area contributed by atoms with E-state index in [-0.39, 0.29) is 11.4 Å². The van der Waals surface area contributed by atoms with Crippen LogP contribution in [0, 0.1) is 0 Å². The van der Waals surface area contributed by atoms with Gasteiger partial charge in [0.15, 0.2) is 5.13 Å². The van der Waals surface area contributed by atoms with Gasteiger partial charge in [-0.05, 0) is 25.0 Å². The van der Waals surface area contributed by atoms with Crippen LogP contribution in [-0.2, 0) is 0 Å². The Labute approximate surface area is 191 Å². The fourth-order valence-corrected chi connectivity index (χ4v) is 6.10. The third-order valence-electron chi connectivity index (χ3n) is 6.80. The smallest absolute Gasteiger partial charge is 0.253 e. The van der Waals surface area contributed by atoms with Gasteiger partial charge in [0.25, 0.3) is 5.91 Å². The molecule has 0 unspecified atom stereocenters. The van der Waals surface area contributed by atoms with E-state index in [1.807, 2.05) is 34.3 Å². The topological polar surface area (TPSA) is 62.2 Å². The maximum absolute atomic E-state index is 13.4. The number of thiazole rings is 1. The number of hydrogen-bond donors (Lipinski definition) is 2. The average Bonchev–Trinajstić information content (AvgIpc) is 3.47. The molecule has 5 rings (SSSR count). The van der Waals surface area contributed by atoms with E-state index in [0.717, 1.165) is 55.1 Å². The fourth-order valence-electron chi connectivity index (χ4n) is 5.20. The van der Waals surface area contributed by atoms with E-state index in [4.69, 9.17) is 11.6 Å². The van der Waals surface area contributed by atoms with Crippen molar-refractivity contribution in [2.24, 2.45) is 0 Å². The molecule has 31 heavy (non-hydrogen) atoms. The van der Waals surface area contributed by atoms with Crippen LogP contribution >= 0.6 is 22.9 Å². The van der Waals surface area contributed by atoms with E-state index < -0.39 is 0 Å². The van der Waals surface area contributed by atoms with Gasteiger partial charge in [-0.15, -0.1) is 11.3 Å². The average molecular weight is 458 g/mol. The van der Waals surface area contributed by atoms with Gasteiger partial charge in [-0.3, -0.25) is 14.3 Å². The van der Waals surface area contributed by atoms with Crippen molar-refractivity contribution in [2.45, 2.75) is 37.6 Å². The minimum atomic E-state index is -0.0616. The standard InChI is InChI=1S/C23H28ClN5OS/c24-18-5-4-6-19-20(18)17(15-29(19)22-26-11-14-31-22)21(30)27-16-23(7-2-1-3-8-23)28-12-9-25-10-13-28/h4-6,11,14-15,25H,1-3,7-10,12-13,16H2,(H,27,30). The van der Waals surface area contributed by atoms with Gasteiger partial charge in [0, 0.05) is 61.4 Å². The van der Waals surface area contributed by atoms with Crippen molar-refractivity contribution in [3.8, 4) is 5.13 Å². The lowest BCUT2D eigenvalue weighted by Gasteiger charge is -2.48. The quantitative estimate of drug-likeness (QED) is 0.606. The highest BCUT2D eigenvalue weighted by Crippen LogP contribution is 2.35. The van der Waals surface area contributed by atoms with E-state index in [0.29, 0.717) is 17.1 Å². The maximum atomic E-state index is 13.4. The highest BCUT2D eigenvalue weighted by Gasteiger charge is 2.38. The number of halogens is 1. The van der Waals surface area contributed by atoms with Crippen LogP contribution in [0.4, 0.5) is 0 Å². The van der Waals surface area contributed by atoms with Gasteiger partial charge in [0.2, 0.25) is 0 Å². The molecular formula is C23H28ClN5OS. The largest absolute Gasteiger partial charge is 0.350 e. The number of piperazine rings is 1. The molecule has 1 aromatic carbocycles. The van der Waals surface area contributed by atoms with Crippen molar-refractivity contribution in [1.29, 1.82) is 0 Å². The molecule has 3 aromatic rings. The van der Waals surface area contributed by atoms with Crippen LogP contribution in [0.3, 0.4) is 0 Å². The Balaban J connectivity index is 1.43. The molecule has 1 aliphatic heterocycles. The van der Waals surface area contributed by atoms with Gasteiger partial charge in [-0.25, -0.2) is 4.98 Å². The molecule has 0 bridgehead atoms. The van der Waals surface area contributed by atoms with Crippen LogP contribution in [0.25, 0.3) is 16.0 Å². The normalized spacial score (nSPS) is 19.5. The first-order valence-electron chi connectivity index (χ1n) is 11.1. The molecule has 2 N–H and O–H groups in total. The number of amides is 1. The monoisotopic (exact) mass is 457 g/mol. The Morgan fingerprint density at radius 3 is 2.77 bits per heavy atom. The zero-order valence-electron chi connectivity index (χ0n) is 17.6. The fraction of sp³-hybridized carbons (Fsp3) is 0.478. The predicted molar refractivity (Wildman–Crippen MR) is 127 cm³/mol. The summed E-state index contributed by atoms with van der Waals surface area (Å²) in [5.74, 6) is -0.0616. The lowest BCUT2D eigenvalue weighted by molar-refractivity contribution is 0.0379. The van der Waals surface area contributed by atoms with E-state index in [1.54, 1.807) is 17.5 Å². The van der Waals surface area contributed by atoms with Crippen LogP contribution < -0.4 is 10.6 Å².